The van der Waals surface area contributed by atoms with E-state index in [0.29, 0.717) is 45.1 Å². The van der Waals surface area contributed by atoms with Gasteiger partial charge in [-0.1, -0.05) is 18.2 Å². The molecule has 8 heteroatoms. The lowest BCUT2D eigenvalue weighted by atomic mass is 9.99. The fraction of sp³-hybridized carbons (Fsp3) is 0.550. The lowest BCUT2D eigenvalue weighted by Gasteiger charge is -2.34. The third-order valence-electron chi connectivity index (χ3n) is 5.42. The van der Waals surface area contributed by atoms with Gasteiger partial charge in [0, 0.05) is 49.7 Å². The number of aromatic amines is 1. The Morgan fingerprint density at radius 3 is 2.71 bits per heavy atom. The number of para-hydroxylation sites is 1. The minimum atomic E-state index is -3.23. The molecule has 1 aliphatic rings. The van der Waals surface area contributed by atoms with Crippen LogP contribution in [0, 0.1) is 0 Å². The molecule has 7 nitrogen and oxygen atoms in total. The Kier molecular flexibility index (Phi) is 6.61. The summed E-state index contributed by atoms with van der Waals surface area (Å²) in [5.41, 5.74) is 2.38. The zero-order valence-electron chi connectivity index (χ0n) is 16.6. The number of aliphatic imine (C=N–C) groups is 1. The molecule has 0 unspecified atom stereocenters. The highest BCUT2D eigenvalue weighted by atomic mass is 32.2. The normalized spacial score (nSPS) is 17.6. The largest absolute Gasteiger partial charge is 0.381 e. The fourth-order valence-electron chi connectivity index (χ4n) is 3.61. The van der Waals surface area contributed by atoms with Crippen molar-refractivity contribution in [1.29, 1.82) is 0 Å². The van der Waals surface area contributed by atoms with Crippen LogP contribution in [0.1, 0.15) is 25.3 Å². The average Bonchev–Trinajstić information content (AvgIpc) is 3.09. The number of guanidine groups is 1. The summed E-state index contributed by atoms with van der Waals surface area (Å²) in [6.07, 6.45) is 5.18. The number of nitrogens with one attached hydrogen (secondary N) is 3. The molecule has 3 rings (SSSR count). The number of rotatable bonds is 7. The number of hydrogen-bond donors (Lipinski definition) is 3. The molecule has 1 aromatic carbocycles. The predicted molar refractivity (Wildman–Crippen MR) is 114 cm³/mol. The van der Waals surface area contributed by atoms with Gasteiger partial charge in [0.05, 0.1) is 11.3 Å². The second-order valence-corrected chi connectivity index (χ2v) is 9.71. The molecule has 0 bridgehead atoms. The van der Waals surface area contributed by atoms with Crippen LogP contribution in [-0.2, 0) is 21.0 Å². The number of benzene rings is 1. The fourth-order valence-corrected chi connectivity index (χ4v) is 4.82. The Bertz CT molecular complexity index is 914. The van der Waals surface area contributed by atoms with Gasteiger partial charge in [-0.05, 0) is 37.8 Å². The van der Waals surface area contributed by atoms with E-state index in [4.69, 9.17) is 4.74 Å². The number of sulfone groups is 1. The molecule has 1 saturated heterocycles. The van der Waals surface area contributed by atoms with Crippen molar-refractivity contribution in [2.75, 3.05) is 39.1 Å². The first kappa shape index (κ1) is 20.7. The number of nitrogens with zero attached hydrogens (tertiary/aromatic N) is 1. The van der Waals surface area contributed by atoms with E-state index in [9.17, 15) is 8.42 Å². The molecule has 0 amide bonds. The zero-order chi connectivity index (χ0) is 20.0. The van der Waals surface area contributed by atoms with Crippen molar-refractivity contribution in [2.45, 2.75) is 30.9 Å². The van der Waals surface area contributed by atoms with Gasteiger partial charge in [0.15, 0.2) is 15.8 Å². The van der Waals surface area contributed by atoms with Crippen molar-refractivity contribution < 1.29 is 13.2 Å². The summed E-state index contributed by atoms with van der Waals surface area (Å²) in [5, 5.41) is 7.77. The summed E-state index contributed by atoms with van der Waals surface area (Å²) in [4.78, 5) is 7.90. The summed E-state index contributed by atoms with van der Waals surface area (Å²) >= 11 is 0. The van der Waals surface area contributed by atoms with E-state index in [1.807, 2.05) is 25.3 Å². The first-order valence-corrected chi connectivity index (χ1v) is 11.7. The molecular formula is C20H30N4O3S. The highest BCUT2D eigenvalue weighted by molar-refractivity contribution is 7.92. The van der Waals surface area contributed by atoms with Gasteiger partial charge in [-0.15, -0.1) is 0 Å². The van der Waals surface area contributed by atoms with Crippen LogP contribution in [0.5, 0.6) is 0 Å². The molecule has 0 spiro atoms. The number of H-pyrrole nitrogens is 1. The van der Waals surface area contributed by atoms with Gasteiger partial charge in [0.1, 0.15) is 0 Å². The Hall–Kier alpha value is -2.06. The van der Waals surface area contributed by atoms with E-state index in [-0.39, 0.29) is 6.54 Å². The van der Waals surface area contributed by atoms with Gasteiger partial charge in [0.25, 0.3) is 0 Å². The first-order chi connectivity index (χ1) is 13.5. The molecule has 1 aliphatic heterocycles. The van der Waals surface area contributed by atoms with Crippen LogP contribution in [0.4, 0.5) is 0 Å². The molecule has 1 fully saturated rings. The van der Waals surface area contributed by atoms with E-state index >= 15 is 0 Å². The van der Waals surface area contributed by atoms with Crippen LogP contribution < -0.4 is 10.6 Å². The van der Waals surface area contributed by atoms with Crippen LogP contribution in [0.2, 0.25) is 0 Å². The second kappa shape index (κ2) is 8.96. The third-order valence-corrected chi connectivity index (χ3v) is 7.53. The molecule has 1 aromatic heterocycles. The van der Waals surface area contributed by atoms with Gasteiger partial charge < -0.3 is 20.4 Å². The second-order valence-electron chi connectivity index (χ2n) is 7.30. The highest BCUT2D eigenvalue weighted by Gasteiger charge is 2.42. The van der Waals surface area contributed by atoms with E-state index in [0.717, 1.165) is 11.9 Å². The number of aromatic nitrogens is 1. The SMILES string of the molecule is CCNC(=NCC1(S(C)(=O)=O)CCOCC1)NCCc1c[nH]c2ccccc12. The van der Waals surface area contributed by atoms with E-state index in [2.05, 4.69) is 32.7 Å². The van der Waals surface area contributed by atoms with Crippen molar-refractivity contribution in [3.63, 3.8) is 0 Å². The molecule has 0 atom stereocenters. The van der Waals surface area contributed by atoms with Crippen molar-refractivity contribution in [3.8, 4) is 0 Å². The lowest BCUT2D eigenvalue weighted by Crippen LogP contribution is -2.47. The molecule has 0 aliphatic carbocycles. The van der Waals surface area contributed by atoms with Crippen LogP contribution in [0.15, 0.2) is 35.5 Å². The van der Waals surface area contributed by atoms with E-state index in [1.54, 1.807) is 0 Å². The standard InChI is InChI=1S/C20H30N4O3S/c1-3-21-19(24-15-20(28(2,25)26)9-12-27-13-10-20)22-11-8-16-14-23-18-7-5-4-6-17(16)18/h4-7,14,23H,3,8-13,15H2,1-2H3,(H2,21,22,24). The van der Waals surface area contributed by atoms with Gasteiger partial charge >= 0.3 is 0 Å². The lowest BCUT2D eigenvalue weighted by molar-refractivity contribution is 0.0768. The molecule has 28 heavy (non-hydrogen) atoms. The van der Waals surface area contributed by atoms with Gasteiger partial charge in [-0.25, -0.2) is 8.42 Å². The minimum absolute atomic E-state index is 0.248. The summed E-state index contributed by atoms with van der Waals surface area (Å²) < 4.78 is 29.3. The van der Waals surface area contributed by atoms with E-state index in [1.165, 1.54) is 17.2 Å². The molecule has 154 valence electrons. The number of fused-ring (bicyclic) bond motifs is 1. The maximum Gasteiger partial charge on any atom is 0.191 e. The quantitative estimate of drug-likeness (QED) is 0.482. The third kappa shape index (κ3) is 4.67. The molecule has 3 N–H and O–H groups in total. The number of ether oxygens (including phenoxy) is 1. The monoisotopic (exact) mass is 406 g/mol. The number of hydrogen-bond acceptors (Lipinski definition) is 4. The maximum atomic E-state index is 12.4. The summed E-state index contributed by atoms with van der Waals surface area (Å²) in [7, 11) is -3.23. The first-order valence-electron chi connectivity index (χ1n) is 9.80. The molecular weight excluding hydrogens is 376 g/mol. The van der Waals surface area contributed by atoms with Crippen LogP contribution in [0.25, 0.3) is 10.9 Å². The predicted octanol–water partition coefficient (Wildman–Crippen LogP) is 1.86. The van der Waals surface area contributed by atoms with Gasteiger partial charge in [-0.2, -0.15) is 0 Å². The van der Waals surface area contributed by atoms with Crippen molar-refractivity contribution in [2.24, 2.45) is 4.99 Å². The topological polar surface area (TPSA) is 95.6 Å². The molecule has 0 radical (unpaired) electrons. The zero-order valence-corrected chi connectivity index (χ0v) is 17.4. The Morgan fingerprint density at radius 2 is 2.00 bits per heavy atom. The Labute approximate surface area is 166 Å². The van der Waals surface area contributed by atoms with E-state index < -0.39 is 14.6 Å². The molecule has 2 aromatic rings. The Balaban J connectivity index is 1.65. The average molecular weight is 407 g/mol. The molecule has 0 saturated carbocycles. The van der Waals surface area contributed by atoms with Crippen LogP contribution in [0.3, 0.4) is 0 Å². The summed E-state index contributed by atoms with van der Waals surface area (Å²) in [5.74, 6) is 0.650. The highest BCUT2D eigenvalue weighted by Crippen LogP contribution is 2.29. The van der Waals surface area contributed by atoms with Crippen molar-refractivity contribution >= 4 is 26.7 Å². The van der Waals surface area contributed by atoms with Crippen LogP contribution in [-0.4, -0.2) is 63.2 Å². The maximum absolute atomic E-state index is 12.4. The van der Waals surface area contributed by atoms with Gasteiger partial charge in [0.2, 0.25) is 0 Å². The summed E-state index contributed by atoms with van der Waals surface area (Å²) in [6, 6.07) is 8.24. The van der Waals surface area contributed by atoms with Gasteiger partial charge in [-0.3, -0.25) is 4.99 Å². The van der Waals surface area contributed by atoms with Crippen molar-refractivity contribution in [3.05, 3.63) is 36.0 Å². The van der Waals surface area contributed by atoms with Crippen molar-refractivity contribution in [1.82, 2.24) is 15.6 Å². The van der Waals surface area contributed by atoms with Crippen LogP contribution >= 0.6 is 0 Å². The molecule has 2 heterocycles. The minimum Gasteiger partial charge on any atom is -0.381 e. The Morgan fingerprint density at radius 1 is 1.25 bits per heavy atom. The summed E-state index contributed by atoms with van der Waals surface area (Å²) in [6.45, 7) is 4.60. The smallest absolute Gasteiger partial charge is 0.191 e.